The highest BCUT2D eigenvalue weighted by Gasteiger charge is 2.33. The fourth-order valence-corrected chi connectivity index (χ4v) is 2.57. The Bertz CT molecular complexity index is 173. The van der Waals surface area contributed by atoms with Crippen LogP contribution in [-0.2, 0) is 4.74 Å². The van der Waals surface area contributed by atoms with Gasteiger partial charge in [-0.15, -0.1) is 0 Å². The Morgan fingerprint density at radius 2 is 2.20 bits per heavy atom. The maximum atomic E-state index is 5.49. The molecule has 0 bridgehead atoms. The predicted octanol–water partition coefficient (Wildman–Crippen LogP) is 2.83. The molecule has 0 aromatic rings. The molecule has 1 fully saturated rings. The molecule has 0 saturated carbocycles. The molecule has 1 N–H and O–H groups in total. The van der Waals surface area contributed by atoms with Crippen molar-refractivity contribution < 1.29 is 4.74 Å². The van der Waals surface area contributed by atoms with E-state index in [2.05, 4.69) is 33.0 Å². The summed E-state index contributed by atoms with van der Waals surface area (Å²) in [7, 11) is 0. The first-order valence-electron chi connectivity index (χ1n) is 6.37. The molecule has 0 radical (unpaired) electrons. The lowest BCUT2D eigenvalue weighted by molar-refractivity contribution is 0.129. The highest BCUT2D eigenvalue weighted by molar-refractivity contribution is 4.84. The highest BCUT2D eigenvalue weighted by atomic mass is 16.5. The monoisotopic (exact) mass is 213 g/mol. The number of rotatable bonds is 6. The molecular weight excluding hydrogens is 186 g/mol. The van der Waals surface area contributed by atoms with Gasteiger partial charge in [-0.25, -0.2) is 0 Å². The Morgan fingerprint density at radius 1 is 1.47 bits per heavy atom. The van der Waals surface area contributed by atoms with Crippen LogP contribution < -0.4 is 5.32 Å². The molecule has 0 amide bonds. The number of ether oxygens (including phenoxy) is 1. The quantitative estimate of drug-likeness (QED) is 0.732. The maximum Gasteiger partial charge on any atom is 0.0500 e. The molecule has 1 aliphatic heterocycles. The molecule has 1 saturated heterocycles. The Balaban J connectivity index is 2.33. The first kappa shape index (κ1) is 13.0. The van der Waals surface area contributed by atoms with Gasteiger partial charge in [0.05, 0.1) is 0 Å². The number of hydrogen-bond donors (Lipinski definition) is 1. The average Bonchev–Trinajstić information content (AvgIpc) is 2.67. The summed E-state index contributed by atoms with van der Waals surface area (Å²) in [5.41, 5.74) is 0.413. The van der Waals surface area contributed by atoms with Crippen molar-refractivity contribution in [1.29, 1.82) is 0 Å². The minimum atomic E-state index is 0.413. The summed E-state index contributed by atoms with van der Waals surface area (Å²) in [5.74, 6) is 0.753. The minimum Gasteiger partial charge on any atom is -0.381 e. The van der Waals surface area contributed by atoms with E-state index in [9.17, 15) is 0 Å². The van der Waals surface area contributed by atoms with E-state index in [1.54, 1.807) is 0 Å². The minimum absolute atomic E-state index is 0.413. The molecule has 2 nitrogen and oxygen atoms in total. The van der Waals surface area contributed by atoms with Crippen molar-refractivity contribution >= 4 is 0 Å². The second kappa shape index (κ2) is 5.86. The first-order chi connectivity index (χ1) is 7.06. The van der Waals surface area contributed by atoms with Gasteiger partial charge in [-0.1, -0.05) is 20.8 Å². The highest BCUT2D eigenvalue weighted by Crippen LogP contribution is 2.37. The molecule has 0 aliphatic carbocycles. The zero-order valence-electron chi connectivity index (χ0n) is 10.8. The van der Waals surface area contributed by atoms with Gasteiger partial charge < -0.3 is 10.1 Å². The molecular formula is C13H27NO. The molecule has 0 aromatic heterocycles. The van der Waals surface area contributed by atoms with E-state index in [0.29, 0.717) is 11.5 Å². The third-order valence-electron chi connectivity index (χ3n) is 3.61. The summed E-state index contributed by atoms with van der Waals surface area (Å²) >= 11 is 0. The van der Waals surface area contributed by atoms with E-state index >= 15 is 0 Å². The van der Waals surface area contributed by atoms with Crippen LogP contribution in [0.4, 0.5) is 0 Å². The van der Waals surface area contributed by atoms with Crippen molar-refractivity contribution in [3.63, 3.8) is 0 Å². The molecule has 15 heavy (non-hydrogen) atoms. The smallest absolute Gasteiger partial charge is 0.0500 e. The van der Waals surface area contributed by atoms with Gasteiger partial charge in [0.1, 0.15) is 0 Å². The maximum absolute atomic E-state index is 5.49. The van der Waals surface area contributed by atoms with Gasteiger partial charge in [0.15, 0.2) is 0 Å². The van der Waals surface area contributed by atoms with Crippen molar-refractivity contribution in [1.82, 2.24) is 5.32 Å². The third-order valence-corrected chi connectivity index (χ3v) is 3.61. The molecule has 1 heterocycles. The normalized spacial score (nSPS) is 24.4. The largest absolute Gasteiger partial charge is 0.381 e. The number of nitrogens with one attached hydrogen (secondary N) is 1. The van der Waals surface area contributed by atoms with Gasteiger partial charge in [0.25, 0.3) is 0 Å². The Kier molecular flexibility index (Phi) is 5.07. The SMILES string of the molecule is CCCNC(C)CC(C)(C)C1CCOC1. The molecule has 1 rings (SSSR count). The standard InChI is InChI=1S/C13H27NO/c1-5-7-14-11(2)9-13(3,4)12-6-8-15-10-12/h11-12,14H,5-10H2,1-4H3. The fourth-order valence-electron chi connectivity index (χ4n) is 2.57. The van der Waals surface area contributed by atoms with E-state index in [0.717, 1.165) is 25.7 Å². The van der Waals surface area contributed by atoms with Gasteiger partial charge in [-0.2, -0.15) is 0 Å². The lowest BCUT2D eigenvalue weighted by Crippen LogP contribution is -2.35. The zero-order valence-corrected chi connectivity index (χ0v) is 10.8. The van der Waals surface area contributed by atoms with Crippen molar-refractivity contribution in [2.75, 3.05) is 19.8 Å². The van der Waals surface area contributed by atoms with E-state index in [1.165, 1.54) is 19.3 Å². The van der Waals surface area contributed by atoms with Crippen molar-refractivity contribution in [2.45, 2.75) is 53.0 Å². The van der Waals surface area contributed by atoms with Crippen molar-refractivity contribution in [3.8, 4) is 0 Å². The van der Waals surface area contributed by atoms with E-state index < -0.39 is 0 Å². The molecule has 2 heteroatoms. The van der Waals surface area contributed by atoms with Crippen LogP contribution in [0.1, 0.15) is 47.0 Å². The summed E-state index contributed by atoms with van der Waals surface area (Å²) in [6.07, 6.45) is 3.71. The van der Waals surface area contributed by atoms with Gasteiger partial charge in [-0.3, -0.25) is 0 Å². The van der Waals surface area contributed by atoms with Crippen LogP contribution in [0, 0.1) is 11.3 Å². The summed E-state index contributed by atoms with van der Waals surface area (Å²) < 4.78 is 5.49. The summed E-state index contributed by atoms with van der Waals surface area (Å²) in [6.45, 7) is 12.4. The van der Waals surface area contributed by atoms with Crippen LogP contribution in [-0.4, -0.2) is 25.8 Å². The molecule has 2 atom stereocenters. The van der Waals surface area contributed by atoms with Gasteiger partial charge >= 0.3 is 0 Å². The first-order valence-corrected chi connectivity index (χ1v) is 6.37. The molecule has 2 unspecified atom stereocenters. The van der Waals surface area contributed by atoms with E-state index in [-0.39, 0.29) is 0 Å². The molecule has 0 spiro atoms. The fraction of sp³-hybridized carbons (Fsp3) is 1.00. The zero-order chi connectivity index (χ0) is 11.3. The summed E-state index contributed by atoms with van der Waals surface area (Å²) in [4.78, 5) is 0. The summed E-state index contributed by atoms with van der Waals surface area (Å²) in [6, 6.07) is 0.626. The number of hydrogen-bond acceptors (Lipinski definition) is 2. The second-order valence-electron chi connectivity index (χ2n) is 5.61. The van der Waals surface area contributed by atoms with Crippen LogP contribution >= 0.6 is 0 Å². The van der Waals surface area contributed by atoms with Crippen LogP contribution in [0.3, 0.4) is 0 Å². The Hall–Kier alpha value is -0.0800. The van der Waals surface area contributed by atoms with Gasteiger partial charge in [-0.05, 0) is 44.1 Å². The van der Waals surface area contributed by atoms with Gasteiger partial charge in [0.2, 0.25) is 0 Å². The lowest BCUT2D eigenvalue weighted by atomic mass is 9.74. The predicted molar refractivity (Wildman–Crippen MR) is 65.1 cm³/mol. The van der Waals surface area contributed by atoms with Gasteiger partial charge in [0, 0.05) is 19.3 Å². The van der Waals surface area contributed by atoms with E-state index in [1.807, 2.05) is 0 Å². The van der Waals surface area contributed by atoms with Crippen molar-refractivity contribution in [2.24, 2.45) is 11.3 Å². The molecule has 90 valence electrons. The molecule has 1 aliphatic rings. The third kappa shape index (κ3) is 4.12. The average molecular weight is 213 g/mol. The Labute approximate surface area is 94.8 Å². The topological polar surface area (TPSA) is 21.3 Å². The van der Waals surface area contributed by atoms with Crippen LogP contribution in [0.5, 0.6) is 0 Å². The summed E-state index contributed by atoms with van der Waals surface area (Å²) in [5, 5.41) is 3.57. The van der Waals surface area contributed by atoms with Crippen LogP contribution in [0.15, 0.2) is 0 Å². The van der Waals surface area contributed by atoms with Crippen molar-refractivity contribution in [3.05, 3.63) is 0 Å². The second-order valence-corrected chi connectivity index (χ2v) is 5.61. The van der Waals surface area contributed by atoms with E-state index in [4.69, 9.17) is 4.74 Å². The molecule has 0 aromatic carbocycles. The Morgan fingerprint density at radius 3 is 2.73 bits per heavy atom. The van der Waals surface area contributed by atoms with Crippen LogP contribution in [0.25, 0.3) is 0 Å². The van der Waals surface area contributed by atoms with Crippen LogP contribution in [0.2, 0.25) is 0 Å². The lowest BCUT2D eigenvalue weighted by Gasteiger charge is -2.33.